The van der Waals surface area contributed by atoms with Gasteiger partial charge in [0, 0.05) is 20.0 Å². The van der Waals surface area contributed by atoms with Gasteiger partial charge in [0.05, 0.1) is 30.1 Å². The van der Waals surface area contributed by atoms with Crippen LogP contribution in [0.5, 0.6) is 0 Å². The minimum absolute atomic E-state index is 0.0541. The molecule has 3 heterocycles. The van der Waals surface area contributed by atoms with Gasteiger partial charge >= 0.3 is 5.97 Å². The van der Waals surface area contributed by atoms with E-state index < -0.39 is 36.6 Å². The lowest BCUT2D eigenvalue weighted by atomic mass is 10.0. The zero-order chi connectivity index (χ0) is 25.0. The molecule has 0 bridgehead atoms. The van der Waals surface area contributed by atoms with Gasteiger partial charge in [-0.1, -0.05) is 29.9 Å². The lowest BCUT2D eigenvalue weighted by Crippen LogP contribution is -2.56. The van der Waals surface area contributed by atoms with Crippen molar-refractivity contribution in [1.82, 2.24) is 20.3 Å². The second kappa shape index (κ2) is 11.0. The van der Waals surface area contributed by atoms with E-state index >= 15 is 0 Å². The molecule has 0 aliphatic carbocycles. The summed E-state index contributed by atoms with van der Waals surface area (Å²) >= 11 is 7.21. The fourth-order valence-corrected chi connectivity index (χ4v) is 4.81. The molecule has 0 aromatic carbocycles. The molecule has 2 N–H and O–H groups in total. The highest BCUT2D eigenvalue weighted by atomic mass is 35.5. The number of esters is 1. The van der Waals surface area contributed by atoms with Gasteiger partial charge in [0.2, 0.25) is 0 Å². The average molecular weight is 520 g/mol. The smallest absolute Gasteiger partial charge is 0.350 e. The van der Waals surface area contributed by atoms with Crippen LogP contribution in [0.1, 0.15) is 58.9 Å². The lowest BCUT2D eigenvalue weighted by Gasteiger charge is -2.38. The van der Waals surface area contributed by atoms with Crippen LogP contribution in [-0.2, 0) is 15.9 Å². The molecule has 1 fully saturated rings. The van der Waals surface area contributed by atoms with Gasteiger partial charge in [0.15, 0.2) is 16.1 Å². The van der Waals surface area contributed by atoms with Crippen molar-refractivity contribution in [3.63, 3.8) is 0 Å². The van der Waals surface area contributed by atoms with Gasteiger partial charge in [0.1, 0.15) is 11.5 Å². The molecule has 0 spiro atoms. The van der Waals surface area contributed by atoms with Crippen LogP contribution >= 0.6 is 22.9 Å². The van der Waals surface area contributed by atoms with Gasteiger partial charge in [-0.05, 0) is 26.7 Å². The molecule has 2 aromatic rings. The first kappa shape index (κ1) is 26.3. The number of aryl methyl sites for hydroxylation is 2. The number of carbonyl (C=O) groups is 2. The van der Waals surface area contributed by atoms with Crippen molar-refractivity contribution in [3.8, 4) is 0 Å². The van der Waals surface area contributed by atoms with Gasteiger partial charge in [-0.3, -0.25) is 4.79 Å². The highest BCUT2D eigenvalue weighted by Crippen LogP contribution is 2.30. The van der Waals surface area contributed by atoms with Crippen molar-refractivity contribution in [2.75, 3.05) is 31.2 Å². The van der Waals surface area contributed by atoms with Crippen molar-refractivity contribution in [1.29, 1.82) is 0 Å². The third-order valence-electron chi connectivity index (χ3n) is 5.24. The Labute approximate surface area is 205 Å². The summed E-state index contributed by atoms with van der Waals surface area (Å²) in [4.78, 5) is 38.5. The second-order valence-electron chi connectivity index (χ2n) is 8.07. The summed E-state index contributed by atoms with van der Waals surface area (Å²) in [5, 5.41) is 3.61. The number of thiazole rings is 1. The molecule has 3 rings (SSSR count). The van der Waals surface area contributed by atoms with Crippen LogP contribution in [0.2, 0.25) is 5.15 Å². The summed E-state index contributed by atoms with van der Waals surface area (Å²) in [7, 11) is 0. The van der Waals surface area contributed by atoms with Gasteiger partial charge in [0.25, 0.3) is 11.8 Å². The van der Waals surface area contributed by atoms with Crippen LogP contribution in [0.3, 0.4) is 0 Å². The number of hydrogen-bond acceptors (Lipinski definition) is 8. The number of H-pyrrole nitrogens is 1. The van der Waals surface area contributed by atoms with E-state index in [-0.39, 0.29) is 24.1 Å². The summed E-state index contributed by atoms with van der Waals surface area (Å²) in [6, 6.07) is -0.536. The quantitative estimate of drug-likeness (QED) is 0.487. The van der Waals surface area contributed by atoms with Crippen molar-refractivity contribution >= 4 is 39.9 Å². The first-order valence-electron chi connectivity index (χ1n) is 11.0. The molecule has 0 unspecified atom stereocenters. The SMILES string of the molecule is CCOC(=O)c1sc(N2CC[C@H](NC(=O)c3nc(Cl)c(CC)[nH]3)[C@H](OCC(C)(F)F)C2)nc1C. The van der Waals surface area contributed by atoms with E-state index in [9.17, 15) is 18.4 Å². The minimum Gasteiger partial charge on any atom is -0.462 e. The van der Waals surface area contributed by atoms with E-state index in [1.165, 1.54) is 11.3 Å². The maximum atomic E-state index is 13.5. The number of alkyl halides is 2. The van der Waals surface area contributed by atoms with Gasteiger partial charge in [-0.2, -0.15) is 0 Å². The first-order chi connectivity index (χ1) is 16.0. The number of amides is 1. The number of aromatic nitrogens is 3. The van der Waals surface area contributed by atoms with Crippen molar-refractivity contribution < 1.29 is 27.8 Å². The maximum absolute atomic E-state index is 13.5. The lowest BCUT2D eigenvalue weighted by molar-refractivity contribution is -0.0947. The molecule has 34 heavy (non-hydrogen) atoms. The third-order valence-corrected chi connectivity index (χ3v) is 6.75. The van der Waals surface area contributed by atoms with Crippen LogP contribution in [0, 0.1) is 6.92 Å². The van der Waals surface area contributed by atoms with E-state index in [1.54, 1.807) is 13.8 Å². The van der Waals surface area contributed by atoms with Crippen molar-refractivity contribution in [2.45, 2.75) is 58.6 Å². The topological polar surface area (TPSA) is 109 Å². The predicted octanol–water partition coefficient (Wildman–Crippen LogP) is 3.62. The van der Waals surface area contributed by atoms with Crippen LogP contribution in [-0.4, -0.2) is 71.2 Å². The Bertz CT molecular complexity index is 1030. The summed E-state index contributed by atoms with van der Waals surface area (Å²) in [6.07, 6.45) is 0.249. The first-order valence-corrected chi connectivity index (χ1v) is 12.2. The van der Waals surface area contributed by atoms with Crippen LogP contribution < -0.4 is 10.2 Å². The third kappa shape index (κ3) is 6.42. The summed E-state index contributed by atoms with van der Waals surface area (Å²) in [6.45, 7) is 6.21. The number of nitrogens with zero attached hydrogens (tertiary/aromatic N) is 3. The Hall–Kier alpha value is -2.31. The Morgan fingerprint density at radius 3 is 2.71 bits per heavy atom. The van der Waals surface area contributed by atoms with Crippen molar-refractivity contribution in [3.05, 3.63) is 27.2 Å². The highest BCUT2D eigenvalue weighted by molar-refractivity contribution is 7.17. The molecule has 1 aliphatic rings. The van der Waals surface area contributed by atoms with Crippen LogP contribution in [0.25, 0.3) is 0 Å². The van der Waals surface area contributed by atoms with E-state index in [2.05, 4.69) is 20.3 Å². The number of nitrogens with one attached hydrogen (secondary N) is 2. The van der Waals surface area contributed by atoms with Gasteiger partial charge in [-0.15, -0.1) is 0 Å². The zero-order valence-corrected chi connectivity index (χ0v) is 21.0. The summed E-state index contributed by atoms with van der Waals surface area (Å²) < 4.78 is 37.7. The number of imidazole rings is 1. The number of piperidine rings is 1. The molecule has 1 aliphatic heterocycles. The van der Waals surface area contributed by atoms with Crippen LogP contribution in [0.4, 0.5) is 13.9 Å². The van der Waals surface area contributed by atoms with E-state index in [4.69, 9.17) is 21.1 Å². The standard InChI is InChI=1S/C21H28ClF2N5O4S/c1-5-12-16(22)28-17(26-12)18(30)27-13-7-8-29(9-14(13)33-10-21(4,23)24)20-25-11(3)15(34-20)19(31)32-6-2/h13-14H,5-10H2,1-4H3,(H,26,28)(H,27,30)/t13-,14+/m0/s1. The Kier molecular flexibility index (Phi) is 8.47. The Balaban J connectivity index is 1.75. The Morgan fingerprint density at radius 2 is 2.09 bits per heavy atom. The largest absolute Gasteiger partial charge is 0.462 e. The molecule has 2 atom stereocenters. The summed E-state index contributed by atoms with van der Waals surface area (Å²) in [5.41, 5.74) is 1.17. The maximum Gasteiger partial charge on any atom is 0.350 e. The number of hydrogen-bond donors (Lipinski definition) is 2. The minimum atomic E-state index is -3.03. The number of ether oxygens (including phenoxy) is 2. The molecule has 0 saturated carbocycles. The zero-order valence-electron chi connectivity index (χ0n) is 19.4. The number of anilines is 1. The molecule has 1 saturated heterocycles. The summed E-state index contributed by atoms with van der Waals surface area (Å²) in [5.74, 6) is -3.92. The number of halogens is 3. The van der Waals surface area contributed by atoms with Gasteiger partial charge in [-0.25, -0.2) is 23.5 Å². The van der Waals surface area contributed by atoms with E-state index in [1.807, 2.05) is 11.8 Å². The second-order valence-corrected chi connectivity index (χ2v) is 9.41. The van der Waals surface area contributed by atoms with E-state index in [0.717, 1.165) is 6.92 Å². The molecule has 1 amide bonds. The molecule has 188 valence electrons. The fourth-order valence-electron chi connectivity index (χ4n) is 3.55. The average Bonchev–Trinajstić information content (AvgIpc) is 3.35. The Morgan fingerprint density at radius 1 is 1.35 bits per heavy atom. The van der Waals surface area contributed by atoms with E-state index in [0.29, 0.717) is 40.8 Å². The monoisotopic (exact) mass is 519 g/mol. The molecule has 9 nitrogen and oxygen atoms in total. The normalized spacial score (nSPS) is 18.7. The molecule has 2 aromatic heterocycles. The van der Waals surface area contributed by atoms with Crippen LogP contribution in [0.15, 0.2) is 0 Å². The highest BCUT2D eigenvalue weighted by Gasteiger charge is 2.36. The molecule has 0 radical (unpaired) electrons. The number of aromatic amines is 1. The fraction of sp³-hybridized carbons (Fsp3) is 0.619. The number of carbonyl (C=O) groups excluding carboxylic acids is 2. The molecular weight excluding hydrogens is 492 g/mol. The molecule has 13 heteroatoms. The predicted molar refractivity (Wildman–Crippen MR) is 124 cm³/mol. The number of rotatable bonds is 9. The van der Waals surface area contributed by atoms with Crippen molar-refractivity contribution in [2.24, 2.45) is 0 Å². The molecular formula is C21H28ClF2N5O4S. The van der Waals surface area contributed by atoms with Gasteiger partial charge < -0.3 is 24.7 Å².